The van der Waals surface area contributed by atoms with Crippen molar-refractivity contribution in [2.75, 3.05) is 26.3 Å². The molecular formula is C14H29NO. The largest absolute Gasteiger partial charge is 0.381 e. The third-order valence-corrected chi connectivity index (χ3v) is 3.54. The Hall–Kier alpha value is -0.0800. The fraction of sp³-hybridized carbons (Fsp3) is 1.00. The zero-order valence-corrected chi connectivity index (χ0v) is 11.4. The average Bonchev–Trinajstić information content (AvgIpc) is 2.20. The van der Waals surface area contributed by atoms with E-state index >= 15 is 0 Å². The summed E-state index contributed by atoms with van der Waals surface area (Å²) in [5.41, 5.74) is 0. The van der Waals surface area contributed by atoms with E-state index in [-0.39, 0.29) is 0 Å². The Morgan fingerprint density at radius 2 is 1.81 bits per heavy atom. The molecule has 1 fully saturated rings. The monoisotopic (exact) mass is 227 g/mol. The number of ether oxygens (including phenoxy) is 1. The lowest BCUT2D eigenvalue weighted by atomic mass is 9.96. The lowest BCUT2D eigenvalue weighted by molar-refractivity contribution is 0.0915. The first-order chi connectivity index (χ1) is 7.74. The molecule has 0 bridgehead atoms. The maximum atomic E-state index is 5.51. The molecule has 1 rings (SSSR count). The van der Waals surface area contributed by atoms with Gasteiger partial charge in [-0.2, -0.15) is 0 Å². The van der Waals surface area contributed by atoms with Gasteiger partial charge in [0.15, 0.2) is 0 Å². The zero-order valence-electron chi connectivity index (χ0n) is 11.4. The Bertz CT molecular complexity index is 162. The Labute approximate surface area is 101 Å². The smallest absolute Gasteiger partial charge is 0.0466 e. The Morgan fingerprint density at radius 1 is 1.19 bits per heavy atom. The van der Waals surface area contributed by atoms with E-state index in [1.807, 2.05) is 0 Å². The van der Waals surface area contributed by atoms with Crippen LogP contribution in [0.4, 0.5) is 0 Å². The predicted octanol–water partition coefficient (Wildman–Crippen LogP) is 3.31. The summed E-state index contributed by atoms with van der Waals surface area (Å²) in [6, 6.07) is 0.696. The van der Waals surface area contributed by atoms with Crippen LogP contribution in [0.2, 0.25) is 0 Å². The van der Waals surface area contributed by atoms with Crippen LogP contribution in [0.15, 0.2) is 0 Å². The van der Waals surface area contributed by atoms with Gasteiger partial charge in [-0.3, -0.25) is 0 Å². The van der Waals surface area contributed by atoms with Gasteiger partial charge < -0.3 is 9.64 Å². The summed E-state index contributed by atoms with van der Waals surface area (Å²) < 4.78 is 5.51. The highest BCUT2D eigenvalue weighted by atomic mass is 16.5. The lowest BCUT2D eigenvalue weighted by Gasteiger charge is -2.31. The highest BCUT2D eigenvalue weighted by molar-refractivity contribution is 4.70. The van der Waals surface area contributed by atoms with E-state index < -0.39 is 0 Å². The van der Waals surface area contributed by atoms with Crippen LogP contribution in [0, 0.1) is 5.92 Å². The summed E-state index contributed by atoms with van der Waals surface area (Å²) in [5.74, 6) is 0.901. The summed E-state index contributed by atoms with van der Waals surface area (Å²) in [5, 5.41) is 0. The molecule has 1 aliphatic rings. The molecule has 0 N–H and O–H groups in total. The first-order valence-electron chi connectivity index (χ1n) is 7.05. The van der Waals surface area contributed by atoms with Crippen LogP contribution in [0.1, 0.15) is 52.9 Å². The van der Waals surface area contributed by atoms with Crippen molar-refractivity contribution in [3.8, 4) is 0 Å². The van der Waals surface area contributed by atoms with Crippen molar-refractivity contribution in [3.05, 3.63) is 0 Å². The van der Waals surface area contributed by atoms with E-state index in [1.165, 1.54) is 45.2 Å². The van der Waals surface area contributed by atoms with Crippen molar-refractivity contribution < 1.29 is 4.74 Å². The molecule has 16 heavy (non-hydrogen) atoms. The van der Waals surface area contributed by atoms with Crippen LogP contribution in [0.5, 0.6) is 0 Å². The number of nitrogens with zero attached hydrogens (tertiary/aromatic N) is 1. The molecule has 0 amide bonds. The molecule has 0 aliphatic carbocycles. The molecule has 0 aromatic heterocycles. The Morgan fingerprint density at radius 3 is 2.31 bits per heavy atom. The van der Waals surface area contributed by atoms with Crippen LogP contribution >= 0.6 is 0 Å². The zero-order chi connectivity index (χ0) is 11.8. The van der Waals surface area contributed by atoms with Gasteiger partial charge >= 0.3 is 0 Å². The number of hydrogen-bond acceptors (Lipinski definition) is 2. The van der Waals surface area contributed by atoms with E-state index in [2.05, 4.69) is 25.7 Å². The number of rotatable bonds is 5. The van der Waals surface area contributed by atoms with E-state index in [4.69, 9.17) is 4.74 Å². The minimum atomic E-state index is 0.696. The topological polar surface area (TPSA) is 12.5 Å². The standard InChI is InChI=1S/C14H29NO/c1-4-9-15(13(2)3)12-14-7-5-10-16-11-6-8-14/h13-14H,4-12H2,1-3H3. The third-order valence-electron chi connectivity index (χ3n) is 3.54. The van der Waals surface area contributed by atoms with Gasteiger partial charge in [0.25, 0.3) is 0 Å². The minimum absolute atomic E-state index is 0.696. The van der Waals surface area contributed by atoms with Crippen LogP contribution in [0.25, 0.3) is 0 Å². The Balaban J connectivity index is 2.35. The van der Waals surface area contributed by atoms with Gasteiger partial charge in [0, 0.05) is 25.8 Å². The van der Waals surface area contributed by atoms with E-state index in [9.17, 15) is 0 Å². The van der Waals surface area contributed by atoms with Gasteiger partial charge in [-0.05, 0) is 58.4 Å². The van der Waals surface area contributed by atoms with Crippen molar-refractivity contribution in [3.63, 3.8) is 0 Å². The second-order valence-corrected chi connectivity index (χ2v) is 5.35. The molecule has 2 heteroatoms. The predicted molar refractivity (Wildman–Crippen MR) is 69.8 cm³/mol. The summed E-state index contributed by atoms with van der Waals surface area (Å²) in [6.45, 7) is 11.4. The van der Waals surface area contributed by atoms with Crippen LogP contribution in [0.3, 0.4) is 0 Å². The number of hydrogen-bond donors (Lipinski definition) is 0. The summed E-state index contributed by atoms with van der Waals surface area (Å²) >= 11 is 0. The van der Waals surface area contributed by atoms with Gasteiger partial charge in [-0.1, -0.05) is 6.92 Å². The average molecular weight is 227 g/mol. The molecule has 1 heterocycles. The maximum Gasteiger partial charge on any atom is 0.0466 e. The highest BCUT2D eigenvalue weighted by Crippen LogP contribution is 2.19. The van der Waals surface area contributed by atoms with Gasteiger partial charge in [-0.15, -0.1) is 0 Å². The molecule has 0 aromatic carbocycles. The molecule has 1 aliphatic heterocycles. The molecule has 0 unspecified atom stereocenters. The highest BCUT2D eigenvalue weighted by Gasteiger charge is 2.17. The van der Waals surface area contributed by atoms with Crippen LogP contribution in [-0.4, -0.2) is 37.2 Å². The van der Waals surface area contributed by atoms with Crippen molar-refractivity contribution in [1.82, 2.24) is 4.90 Å². The molecule has 0 atom stereocenters. The second-order valence-electron chi connectivity index (χ2n) is 5.35. The summed E-state index contributed by atoms with van der Waals surface area (Å²) in [7, 11) is 0. The van der Waals surface area contributed by atoms with Crippen molar-refractivity contribution in [1.29, 1.82) is 0 Å². The Kier molecular flexibility index (Phi) is 7.06. The minimum Gasteiger partial charge on any atom is -0.381 e. The summed E-state index contributed by atoms with van der Waals surface area (Å²) in [4.78, 5) is 2.65. The first kappa shape index (κ1) is 14.0. The lowest BCUT2D eigenvalue weighted by Crippen LogP contribution is -2.36. The SMILES string of the molecule is CCCN(CC1CCCOCCC1)C(C)C. The van der Waals surface area contributed by atoms with E-state index in [0.717, 1.165) is 19.1 Å². The second kappa shape index (κ2) is 8.08. The van der Waals surface area contributed by atoms with E-state index in [1.54, 1.807) is 0 Å². The van der Waals surface area contributed by atoms with Crippen molar-refractivity contribution in [2.45, 2.75) is 58.9 Å². The fourth-order valence-electron chi connectivity index (χ4n) is 2.56. The molecule has 96 valence electrons. The maximum absolute atomic E-state index is 5.51. The molecule has 1 saturated heterocycles. The van der Waals surface area contributed by atoms with Gasteiger partial charge in [-0.25, -0.2) is 0 Å². The van der Waals surface area contributed by atoms with Gasteiger partial charge in [0.2, 0.25) is 0 Å². The summed E-state index contributed by atoms with van der Waals surface area (Å²) in [6.07, 6.45) is 6.49. The third kappa shape index (κ3) is 5.31. The molecule has 0 saturated carbocycles. The van der Waals surface area contributed by atoms with Gasteiger partial charge in [0.05, 0.1) is 0 Å². The molecule has 0 radical (unpaired) electrons. The molecule has 2 nitrogen and oxygen atoms in total. The normalized spacial score (nSPS) is 20.1. The molecule has 0 aromatic rings. The van der Waals surface area contributed by atoms with Crippen LogP contribution < -0.4 is 0 Å². The first-order valence-corrected chi connectivity index (χ1v) is 7.05. The van der Waals surface area contributed by atoms with Gasteiger partial charge in [0.1, 0.15) is 0 Å². The molecule has 0 spiro atoms. The van der Waals surface area contributed by atoms with E-state index in [0.29, 0.717) is 6.04 Å². The molecular weight excluding hydrogens is 198 g/mol. The van der Waals surface area contributed by atoms with Crippen molar-refractivity contribution >= 4 is 0 Å². The quantitative estimate of drug-likeness (QED) is 0.714. The van der Waals surface area contributed by atoms with Crippen LogP contribution in [-0.2, 0) is 4.74 Å². The fourth-order valence-corrected chi connectivity index (χ4v) is 2.56. The van der Waals surface area contributed by atoms with Crippen molar-refractivity contribution in [2.24, 2.45) is 5.92 Å².